The Kier molecular flexibility index (Phi) is 8.45. The fourth-order valence-electron chi connectivity index (χ4n) is 4.33. The molecular weight excluding hydrogens is 486 g/mol. The molecule has 36 heavy (non-hydrogen) atoms. The van der Waals surface area contributed by atoms with Gasteiger partial charge < -0.3 is 19.3 Å². The van der Waals surface area contributed by atoms with Crippen molar-refractivity contribution in [1.29, 1.82) is 0 Å². The minimum Gasteiger partial charge on any atom is -0.508 e. The summed E-state index contributed by atoms with van der Waals surface area (Å²) in [5.41, 5.74) is 2.32. The largest absolute Gasteiger partial charge is 0.508 e. The molecule has 3 aromatic rings. The number of hydrogen-bond donors (Lipinski definition) is 2. The summed E-state index contributed by atoms with van der Waals surface area (Å²) >= 11 is 0. The van der Waals surface area contributed by atoms with E-state index in [1.807, 2.05) is 23.7 Å². The van der Waals surface area contributed by atoms with Crippen molar-refractivity contribution in [3.8, 4) is 22.8 Å². The molecule has 0 saturated carbocycles. The molecule has 10 nitrogen and oxygen atoms in total. The molecule has 2 aromatic heterocycles. The summed E-state index contributed by atoms with van der Waals surface area (Å²) in [5.74, 6) is 0.228. The van der Waals surface area contributed by atoms with Gasteiger partial charge in [0.15, 0.2) is 6.23 Å². The Morgan fingerprint density at radius 2 is 2.06 bits per heavy atom. The van der Waals surface area contributed by atoms with E-state index in [2.05, 4.69) is 4.98 Å². The van der Waals surface area contributed by atoms with Crippen molar-refractivity contribution >= 4 is 21.0 Å². The number of hydrogen-bond acceptors (Lipinski definition) is 8. The Morgan fingerprint density at radius 3 is 2.81 bits per heavy atom. The molecule has 3 heterocycles. The number of aromatic nitrogens is 3. The molecule has 1 unspecified atom stereocenters. The predicted molar refractivity (Wildman–Crippen MR) is 135 cm³/mol. The van der Waals surface area contributed by atoms with Gasteiger partial charge in [-0.2, -0.15) is 13.5 Å². The zero-order chi connectivity index (χ0) is 25.7. The third-order valence-electron chi connectivity index (χ3n) is 6.04. The lowest BCUT2D eigenvalue weighted by Crippen LogP contribution is -2.21. The van der Waals surface area contributed by atoms with E-state index in [4.69, 9.17) is 23.9 Å². The molecule has 1 aliphatic rings. The topological polar surface area (TPSA) is 133 Å². The minimum absolute atomic E-state index is 0.149. The number of nitrogens with zero attached hydrogens (tertiary/aromatic N) is 3. The zero-order valence-corrected chi connectivity index (χ0v) is 21.4. The summed E-state index contributed by atoms with van der Waals surface area (Å²) in [5, 5.41) is 15.8. The maximum Gasteiger partial charge on any atom is 0.265 e. The van der Waals surface area contributed by atoms with Gasteiger partial charge in [0.1, 0.15) is 23.3 Å². The molecule has 0 aliphatic carbocycles. The van der Waals surface area contributed by atoms with Crippen LogP contribution in [-0.4, -0.2) is 64.5 Å². The number of pyridine rings is 1. The Hall–Kier alpha value is -2.73. The molecule has 2 N–H and O–H groups in total. The van der Waals surface area contributed by atoms with E-state index in [9.17, 15) is 13.5 Å². The highest BCUT2D eigenvalue weighted by molar-refractivity contribution is 7.85. The lowest BCUT2D eigenvalue weighted by molar-refractivity contribution is -0.0365. The number of ether oxygens (including phenoxy) is 3. The maximum atomic E-state index is 11.0. The molecule has 1 aromatic carbocycles. The van der Waals surface area contributed by atoms with Crippen LogP contribution in [0.1, 0.15) is 45.8 Å². The van der Waals surface area contributed by atoms with E-state index >= 15 is 0 Å². The number of phenols is 1. The Balaban J connectivity index is 1.43. The quantitative estimate of drug-likeness (QED) is 0.282. The van der Waals surface area contributed by atoms with Gasteiger partial charge in [0.2, 0.25) is 0 Å². The summed E-state index contributed by atoms with van der Waals surface area (Å²) in [6.07, 6.45) is 6.41. The normalized spacial score (nSPS) is 18.2. The molecule has 1 aliphatic heterocycles. The zero-order valence-electron chi connectivity index (χ0n) is 20.5. The molecule has 0 amide bonds. The molecule has 196 valence electrons. The molecule has 3 atom stereocenters. The van der Waals surface area contributed by atoms with E-state index < -0.39 is 10.1 Å². The number of phenolic OH excluding ortho intramolecular Hbond substituents is 1. The highest BCUT2D eigenvalue weighted by Gasteiger charge is 2.22. The van der Waals surface area contributed by atoms with Gasteiger partial charge in [0, 0.05) is 30.4 Å². The van der Waals surface area contributed by atoms with Gasteiger partial charge in [-0.05, 0) is 62.8 Å². The van der Waals surface area contributed by atoms with Crippen LogP contribution in [0.2, 0.25) is 0 Å². The van der Waals surface area contributed by atoms with E-state index in [1.165, 1.54) is 0 Å². The van der Waals surface area contributed by atoms with Crippen LogP contribution in [0, 0.1) is 5.92 Å². The van der Waals surface area contributed by atoms with E-state index in [0.717, 1.165) is 35.7 Å². The van der Waals surface area contributed by atoms with Crippen molar-refractivity contribution < 1.29 is 32.3 Å². The van der Waals surface area contributed by atoms with Crippen LogP contribution in [0.5, 0.6) is 11.5 Å². The summed E-state index contributed by atoms with van der Waals surface area (Å²) in [6.45, 7) is 4.99. The van der Waals surface area contributed by atoms with Crippen LogP contribution >= 0.6 is 0 Å². The molecule has 0 bridgehead atoms. The summed E-state index contributed by atoms with van der Waals surface area (Å²) in [7, 11) is -3.98. The minimum atomic E-state index is -3.98. The van der Waals surface area contributed by atoms with Gasteiger partial charge in [0.05, 0.1) is 24.1 Å². The summed E-state index contributed by atoms with van der Waals surface area (Å²) in [4.78, 5) is 4.33. The van der Waals surface area contributed by atoms with Crippen molar-refractivity contribution in [2.45, 2.75) is 51.9 Å². The first-order chi connectivity index (χ1) is 17.2. The molecule has 11 heteroatoms. The first-order valence-electron chi connectivity index (χ1n) is 12.2. The Labute approximate surface area is 210 Å². The highest BCUT2D eigenvalue weighted by Crippen LogP contribution is 2.35. The van der Waals surface area contributed by atoms with Crippen molar-refractivity contribution in [2.24, 2.45) is 5.92 Å². The van der Waals surface area contributed by atoms with Crippen LogP contribution in [0.15, 0.2) is 36.7 Å². The monoisotopic (exact) mass is 519 g/mol. The van der Waals surface area contributed by atoms with E-state index in [-0.39, 0.29) is 29.8 Å². The van der Waals surface area contributed by atoms with Gasteiger partial charge in [-0.3, -0.25) is 9.54 Å². The fraction of sp³-hybridized carbons (Fsp3) is 0.520. The van der Waals surface area contributed by atoms with Gasteiger partial charge in [-0.15, -0.1) is 0 Å². The van der Waals surface area contributed by atoms with Gasteiger partial charge in [-0.1, -0.05) is 6.92 Å². The molecule has 1 fully saturated rings. The summed E-state index contributed by atoms with van der Waals surface area (Å²) in [6, 6.07) is 7.05. The lowest BCUT2D eigenvalue weighted by atomic mass is 10.1. The predicted octanol–water partition coefficient (Wildman–Crippen LogP) is 4.20. The van der Waals surface area contributed by atoms with E-state index in [0.29, 0.717) is 37.7 Å². The highest BCUT2D eigenvalue weighted by atomic mass is 32.2. The lowest BCUT2D eigenvalue weighted by Gasteiger charge is -2.23. The fourth-order valence-corrected chi connectivity index (χ4v) is 5.22. The average Bonchev–Trinajstić information content (AvgIpc) is 3.20. The molecule has 0 spiro atoms. The Morgan fingerprint density at radius 1 is 1.22 bits per heavy atom. The average molecular weight is 520 g/mol. The van der Waals surface area contributed by atoms with Gasteiger partial charge >= 0.3 is 0 Å². The maximum absolute atomic E-state index is 11.0. The van der Waals surface area contributed by atoms with E-state index in [1.54, 1.807) is 31.5 Å². The van der Waals surface area contributed by atoms with Crippen molar-refractivity contribution in [3.63, 3.8) is 0 Å². The van der Waals surface area contributed by atoms with Crippen molar-refractivity contribution in [1.82, 2.24) is 14.8 Å². The van der Waals surface area contributed by atoms with Crippen molar-refractivity contribution in [3.05, 3.63) is 36.7 Å². The SMILES string of the molecule is C[C@@H](CCOC[C@@H](C)Oc1cncc(-c2nn(C3CCCCO3)c3ccc(O)cc23)c1)CS(=O)(=O)O. The first-order valence-corrected chi connectivity index (χ1v) is 13.8. The number of aromatic hydroxyl groups is 1. The number of benzene rings is 1. The second kappa shape index (κ2) is 11.5. The molecule has 0 radical (unpaired) electrons. The molecular formula is C25H33N3O7S. The number of rotatable bonds is 11. The smallest absolute Gasteiger partial charge is 0.265 e. The van der Waals surface area contributed by atoms with Crippen LogP contribution in [0.25, 0.3) is 22.2 Å². The third kappa shape index (κ3) is 6.94. The third-order valence-corrected chi connectivity index (χ3v) is 7.04. The number of fused-ring (bicyclic) bond motifs is 1. The first kappa shape index (κ1) is 26.3. The van der Waals surface area contributed by atoms with Crippen LogP contribution in [0.4, 0.5) is 0 Å². The van der Waals surface area contributed by atoms with Gasteiger partial charge in [-0.25, -0.2) is 4.68 Å². The van der Waals surface area contributed by atoms with Gasteiger partial charge in [0.25, 0.3) is 10.1 Å². The molecule has 1 saturated heterocycles. The van der Waals surface area contributed by atoms with Crippen LogP contribution < -0.4 is 4.74 Å². The van der Waals surface area contributed by atoms with Crippen LogP contribution in [-0.2, 0) is 19.6 Å². The van der Waals surface area contributed by atoms with Crippen LogP contribution in [0.3, 0.4) is 0 Å². The summed E-state index contributed by atoms with van der Waals surface area (Å²) < 4.78 is 50.3. The standard InChI is InChI=1S/C25H33N3O7S/c1-17(16-36(30,31)32)8-10-33-15-18(2)35-21-11-19(13-26-14-21)25-22-12-20(29)6-7-23(22)28(27-25)24-5-3-4-9-34-24/h6-7,11-14,17-18,24,29H,3-5,8-10,15-16H2,1-2H3,(H,30,31,32)/t17-,18+,24?/m0/s1. The van der Waals surface area contributed by atoms with Crippen molar-refractivity contribution in [2.75, 3.05) is 25.6 Å². The second-order valence-electron chi connectivity index (χ2n) is 9.37. The second-order valence-corrected chi connectivity index (χ2v) is 10.9. The molecule has 4 rings (SSSR count). The Bertz CT molecular complexity index is 1270.